The van der Waals surface area contributed by atoms with Gasteiger partial charge in [0, 0.05) is 58.6 Å². The van der Waals surface area contributed by atoms with Crippen molar-refractivity contribution in [3.05, 3.63) is 76.9 Å². The molecule has 10 nitrogen and oxygen atoms in total. The average molecular weight is 754 g/mol. The molecule has 1 aromatic rings. The van der Waals surface area contributed by atoms with Gasteiger partial charge in [-0.3, -0.25) is 14.6 Å². The third-order valence-corrected chi connectivity index (χ3v) is 15.9. The van der Waals surface area contributed by atoms with Gasteiger partial charge in [0.1, 0.15) is 11.4 Å². The number of Topliss-reactive ketones (excluding diaryl/α,β-unsaturated/α-hetero) is 2. The van der Waals surface area contributed by atoms with Crippen LogP contribution in [0.15, 0.2) is 76.3 Å². The molecule has 1 aromatic carbocycles. The molecule has 3 saturated carbocycles. The Morgan fingerprint density at radius 2 is 1.71 bits per heavy atom. The molecule has 11 atom stereocenters. The number of hydrogen-bond donors (Lipinski definition) is 6. The first-order valence-electron chi connectivity index (χ1n) is 20.2. The van der Waals surface area contributed by atoms with Crippen molar-refractivity contribution in [2.45, 2.75) is 110 Å². The van der Waals surface area contributed by atoms with Crippen molar-refractivity contribution < 1.29 is 34.8 Å². The van der Waals surface area contributed by atoms with E-state index in [1.54, 1.807) is 12.2 Å². The minimum atomic E-state index is -1.68. The number of rotatable bonds is 9. The number of aliphatic carboxylic acids is 1. The second kappa shape index (κ2) is 13.4. The molecule has 6 aliphatic carbocycles. The molecular formula is C45H59N3O7. The molecule has 6 aliphatic rings. The van der Waals surface area contributed by atoms with Crippen LogP contribution in [0.3, 0.4) is 0 Å². The van der Waals surface area contributed by atoms with Gasteiger partial charge >= 0.3 is 5.97 Å². The largest absolute Gasteiger partial charge is 0.478 e. The lowest BCUT2D eigenvalue weighted by molar-refractivity contribution is -0.168. The van der Waals surface area contributed by atoms with Gasteiger partial charge in [0.2, 0.25) is 0 Å². The van der Waals surface area contributed by atoms with Crippen LogP contribution in [-0.4, -0.2) is 67.8 Å². The summed E-state index contributed by atoms with van der Waals surface area (Å²) in [6.07, 6.45) is 12.9. The summed E-state index contributed by atoms with van der Waals surface area (Å²) in [6, 6.07) is 9.89. The van der Waals surface area contributed by atoms with Gasteiger partial charge in [-0.25, -0.2) is 4.79 Å². The Kier molecular flexibility index (Phi) is 9.58. The molecule has 7 rings (SSSR count). The molecule has 0 saturated heterocycles. The number of hydrogen-bond acceptors (Lipinski definition) is 7. The Balaban J connectivity index is 1.49. The van der Waals surface area contributed by atoms with Crippen molar-refractivity contribution in [2.24, 2.45) is 67.7 Å². The van der Waals surface area contributed by atoms with E-state index in [0.717, 1.165) is 31.2 Å². The summed E-state index contributed by atoms with van der Waals surface area (Å²) < 4.78 is 0. The van der Waals surface area contributed by atoms with E-state index in [1.807, 2.05) is 57.2 Å². The number of allylic oxidation sites excluding steroid dienone is 1. The molecule has 2 bridgehead atoms. The zero-order valence-corrected chi connectivity index (χ0v) is 32.9. The number of carboxylic acid groups (broad SMARTS) is 1. The zero-order valence-electron chi connectivity index (χ0n) is 32.9. The Bertz CT molecular complexity index is 1930. The Morgan fingerprint density at radius 1 is 1.02 bits per heavy atom. The molecule has 55 heavy (non-hydrogen) atoms. The first kappa shape index (κ1) is 39.4. The molecule has 10 heteroatoms. The number of nitrogens with two attached hydrogens (primary N) is 2. The van der Waals surface area contributed by atoms with Crippen molar-refractivity contribution in [3.63, 3.8) is 0 Å². The van der Waals surface area contributed by atoms with E-state index in [-0.39, 0.29) is 54.3 Å². The SMILES string of the molecule is CC(=CC(O)C(CN=C(N)N)C(C)C1CC2(O)C=CC3(O)C4=C5C(=O)CC1(CCCCCC51CCC(=O)C(C)(C)C1C3C=Cc1ccccc1)C42C)C(=O)O. The standard InChI is InChI=1S/C45H59N3O7/c1-26(38(52)53)22-32(49)29(25-48-39(46)47)27(2)31-23-44(54)20-21-45(55)30(15-14-28-12-8-6-9-13-28)36-40(3,4)34(51)16-19-42(36)17-10-7-11-18-43(31)24-33(50)35(42)37(45)41(43,44)5/h6,8-9,12-15,20-22,27,29-32,36,49,54-55H,7,10-11,16-19,23-25H2,1-5H3,(H,52,53)(H4,46,47,48). The fourth-order valence-corrected chi connectivity index (χ4v) is 13.3. The lowest BCUT2D eigenvalue weighted by atomic mass is 9.34. The van der Waals surface area contributed by atoms with Crippen molar-refractivity contribution in [3.8, 4) is 0 Å². The molecule has 0 aliphatic heterocycles. The quantitative estimate of drug-likeness (QED) is 0.0815. The maximum absolute atomic E-state index is 15.5. The second-order valence-electron chi connectivity index (χ2n) is 18.6. The molecule has 0 radical (unpaired) electrons. The fourth-order valence-electron chi connectivity index (χ4n) is 13.3. The topological polar surface area (TPSA) is 197 Å². The van der Waals surface area contributed by atoms with Gasteiger partial charge < -0.3 is 31.9 Å². The summed E-state index contributed by atoms with van der Waals surface area (Å²) in [5, 5.41) is 48.3. The second-order valence-corrected chi connectivity index (χ2v) is 18.6. The molecule has 11 unspecified atom stereocenters. The number of aliphatic hydroxyl groups is 3. The summed E-state index contributed by atoms with van der Waals surface area (Å²) in [4.78, 5) is 45.6. The van der Waals surface area contributed by atoms with E-state index in [0.29, 0.717) is 30.4 Å². The van der Waals surface area contributed by atoms with Crippen molar-refractivity contribution in [1.29, 1.82) is 0 Å². The van der Waals surface area contributed by atoms with Crippen LogP contribution < -0.4 is 11.5 Å². The maximum Gasteiger partial charge on any atom is 0.331 e. The number of benzene rings is 1. The van der Waals surface area contributed by atoms with Crippen LogP contribution in [0.5, 0.6) is 0 Å². The average Bonchev–Trinajstić information content (AvgIpc) is 3.32. The van der Waals surface area contributed by atoms with Crippen molar-refractivity contribution in [1.82, 2.24) is 0 Å². The fraction of sp³-hybridized carbons (Fsp3) is 0.600. The number of ketones is 2. The minimum absolute atomic E-state index is 0.0116. The van der Waals surface area contributed by atoms with Gasteiger partial charge in [-0.2, -0.15) is 0 Å². The predicted octanol–water partition coefficient (Wildman–Crippen LogP) is 5.52. The van der Waals surface area contributed by atoms with Gasteiger partial charge in [-0.05, 0) is 79.1 Å². The van der Waals surface area contributed by atoms with E-state index in [4.69, 9.17) is 11.5 Å². The smallest absolute Gasteiger partial charge is 0.331 e. The Labute approximate surface area is 324 Å². The third kappa shape index (κ3) is 5.52. The van der Waals surface area contributed by atoms with Crippen molar-refractivity contribution in [2.75, 3.05) is 6.54 Å². The number of carbonyl (C=O) groups is 3. The summed E-state index contributed by atoms with van der Waals surface area (Å²) in [5.74, 6) is -3.55. The molecular weight excluding hydrogens is 695 g/mol. The molecule has 0 heterocycles. The van der Waals surface area contributed by atoms with E-state index in [9.17, 15) is 30.0 Å². The molecule has 296 valence electrons. The van der Waals surface area contributed by atoms with Crippen molar-refractivity contribution >= 4 is 29.6 Å². The van der Waals surface area contributed by atoms with Crippen LogP contribution in [0.1, 0.15) is 98.0 Å². The highest BCUT2D eigenvalue weighted by Gasteiger charge is 2.80. The minimum Gasteiger partial charge on any atom is -0.478 e. The van der Waals surface area contributed by atoms with Crippen LogP contribution in [0.2, 0.25) is 0 Å². The number of carboxylic acids is 1. The van der Waals surface area contributed by atoms with Gasteiger partial charge in [-0.15, -0.1) is 0 Å². The van der Waals surface area contributed by atoms with E-state index >= 15 is 4.79 Å². The van der Waals surface area contributed by atoms with E-state index in [2.05, 4.69) is 18.0 Å². The molecule has 3 fully saturated rings. The Hall–Kier alpha value is -3.86. The van der Waals surface area contributed by atoms with Crippen LogP contribution in [-0.2, 0) is 14.4 Å². The highest BCUT2D eigenvalue weighted by atomic mass is 16.4. The number of fused-ring (bicyclic) bond motifs is 1. The molecule has 2 spiro atoms. The van der Waals surface area contributed by atoms with E-state index < -0.39 is 62.7 Å². The zero-order chi connectivity index (χ0) is 39.9. The first-order valence-corrected chi connectivity index (χ1v) is 20.2. The Morgan fingerprint density at radius 3 is 2.38 bits per heavy atom. The highest BCUT2D eigenvalue weighted by molar-refractivity contribution is 6.02. The summed E-state index contributed by atoms with van der Waals surface area (Å²) >= 11 is 0. The predicted molar refractivity (Wildman–Crippen MR) is 211 cm³/mol. The maximum atomic E-state index is 15.5. The molecule has 8 N–H and O–H groups in total. The van der Waals surface area contributed by atoms with Crippen LogP contribution in [0.25, 0.3) is 6.08 Å². The molecule has 0 amide bonds. The molecule has 0 aromatic heterocycles. The third-order valence-electron chi connectivity index (χ3n) is 15.9. The van der Waals surface area contributed by atoms with Crippen LogP contribution in [0, 0.1) is 51.2 Å². The van der Waals surface area contributed by atoms with Crippen LogP contribution in [0.4, 0.5) is 0 Å². The number of carbonyl (C=O) groups excluding carboxylic acids is 2. The van der Waals surface area contributed by atoms with Gasteiger partial charge in [0.15, 0.2) is 11.7 Å². The number of aliphatic hydroxyl groups excluding tert-OH is 1. The monoisotopic (exact) mass is 753 g/mol. The normalized spacial score (nSPS) is 39.4. The number of nitrogens with zero attached hydrogens (tertiary/aromatic N) is 1. The van der Waals surface area contributed by atoms with Crippen LogP contribution >= 0.6 is 0 Å². The highest BCUT2D eigenvalue weighted by Crippen LogP contribution is 2.80. The van der Waals surface area contributed by atoms with Gasteiger partial charge in [0.05, 0.1) is 11.7 Å². The van der Waals surface area contributed by atoms with Gasteiger partial charge in [-0.1, -0.05) is 95.5 Å². The number of aliphatic imine (C=N–C) groups is 1. The lowest BCUT2D eigenvalue weighted by Crippen LogP contribution is -2.70. The summed E-state index contributed by atoms with van der Waals surface area (Å²) in [7, 11) is 0. The lowest BCUT2D eigenvalue weighted by Gasteiger charge is -2.69. The van der Waals surface area contributed by atoms with Gasteiger partial charge in [0.25, 0.3) is 0 Å². The number of guanidine groups is 1. The summed E-state index contributed by atoms with van der Waals surface area (Å²) in [5.41, 5.74) is 7.19. The van der Waals surface area contributed by atoms with E-state index in [1.165, 1.54) is 13.0 Å². The first-order chi connectivity index (χ1) is 25.8. The summed E-state index contributed by atoms with van der Waals surface area (Å²) in [6.45, 7) is 9.49.